The third-order valence-electron chi connectivity index (χ3n) is 3.67. The Kier molecular flexibility index (Phi) is 4.50. The molecule has 116 valence electrons. The van der Waals surface area contributed by atoms with Gasteiger partial charge in [-0.15, -0.1) is 0 Å². The number of hydrogen-bond acceptors (Lipinski definition) is 5. The lowest BCUT2D eigenvalue weighted by Crippen LogP contribution is -2.42. The molecule has 0 bridgehead atoms. The molecule has 1 fully saturated rings. The summed E-state index contributed by atoms with van der Waals surface area (Å²) < 4.78 is 4.95. The molecule has 2 heterocycles. The Balaban J connectivity index is 1.66. The van der Waals surface area contributed by atoms with Crippen LogP contribution in [0.4, 0.5) is 5.82 Å². The minimum absolute atomic E-state index is 0.171. The molecule has 2 N–H and O–H groups in total. The van der Waals surface area contributed by atoms with E-state index >= 15 is 0 Å². The van der Waals surface area contributed by atoms with Crippen molar-refractivity contribution in [2.75, 3.05) is 31.5 Å². The summed E-state index contributed by atoms with van der Waals surface area (Å²) in [5, 5.41) is 9.86. The first kappa shape index (κ1) is 14.7. The molecule has 1 amide bonds. The first-order chi connectivity index (χ1) is 10.7. The summed E-state index contributed by atoms with van der Waals surface area (Å²) in [6.45, 7) is 6.77. The fraction of sp³-hybridized carbons (Fsp3) is 0.375. The molecule has 1 aliphatic rings. The number of nitrogens with one attached hydrogen (secondary N) is 2. The van der Waals surface area contributed by atoms with Crippen molar-refractivity contribution in [2.24, 2.45) is 0 Å². The summed E-state index contributed by atoms with van der Waals surface area (Å²) in [6, 6.07) is 9.41. The number of amides is 1. The largest absolute Gasteiger partial charge is 0.360 e. The minimum atomic E-state index is -0.171. The highest BCUT2D eigenvalue weighted by molar-refractivity contribution is 6.03. The van der Waals surface area contributed by atoms with Crippen LogP contribution in [0.5, 0.6) is 0 Å². The molecule has 0 saturated carbocycles. The number of benzene rings is 1. The first-order valence-electron chi connectivity index (χ1n) is 7.47. The van der Waals surface area contributed by atoms with Crippen LogP contribution in [-0.4, -0.2) is 42.1 Å². The van der Waals surface area contributed by atoms with E-state index in [1.54, 1.807) is 13.0 Å². The topological polar surface area (TPSA) is 70.4 Å². The van der Waals surface area contributed by atoms with Gasteiger partial charge in [0.05, 0.1) is 0 Å². The second kappa shape index (κ2) is 6.72. The van der Waals surface area contributed by atoms with Crippen LogP contribution in [0.3, 0.4) is 0 Å². The summed E-state index contributed by atoms with van der Waals surface area (Å²) in [7, 11) is 0. The van der Waals surface area contributed by atoms with Gasteiger partial charge in [-0.1, -0.05) is 17.3 Å². The van der Waals surface area contributed by atoms with Crippen LogP contribution in [0.25, 0.3) is 0 Å². The van der Waals surface area contributed by atoms with Crippen molar-refractivity contribution in [2.45, 2.75) is 13.5 Å². The molecule has 2 aromatic rings. The molecule has 3 rings (SSSR count). The van der Waals surface area contributed by atoms with Crippen molar-refractivity contribution in [3.05, 3.63) is 47.2 Å². The van der Waals surface area contributed by atoms with Crippen molar-refractivity contribution in [3.8, 4) is 0 Å². The van der Waals surface area contributed by atoms with Gasteiger partial charge in [0.2, 0.25) is 0 Å². The van der Waals surface area contributed by atoms with E-state index in [2.05, 4.69) is 26.8 Å². The molecule has 1 aromatic heterocycles. The Labute approximate surface area is 129 Å². The number of carbonyl (C=O) groups excluding carboxylic acids is 1. The van der Waals surface area contributed by atoms with Gasteiger partial charge in [0.1, 0.15) is 5.76 Å². The van der Waals surface area contributed by atoms with E-state index in [0.717, 1.165) is 38.3 Å². The van der Waals surface area contributed by atoms with E-state index in [1.165, 1.54) is 0 Å². The highest BCUT2D eigenvalue weighted by Crippen LogP contribution is 2.12. The summed E-state index contributed by atoms with van der Waals surface area (Å²) in [4.78, 5) is 14.6. The summed E-state index contributed by atoms with van der Waals surface area (Å²) in [5.74, 6) is 0.938. The maximum Gasteiger partial charge on any atom is 0.256 e. The van der Waals surface area contributed by atoms with Crippen LogP contribution < -0.4 is 10.6 Å². The van der Waals surface area contributed by atoms with E-state index in [-0.39, 0.29) is 5.91 Å². The molecular weight excluding hydrogens is 280 g/mol. The lowest BCUT2D eigenvalue weighted by molar-refractivity contribution is 0.102. The lowest BCUT2D eigenvalue weighted by atomic mass is 10.1. The molecule has 1 saturated heterocycles. The van der Waals surface area contributed by atoms with E-state index in [0.29, 0.717) is 17.1 Å². The van der Waals surface area contributed by atoms with E-state index < -0.39 is 0 Å². The number of carbonyl (C=O) groups is 1. The van der Waals surface area contributed by atoms with Gasteiger partial charge in [-0.25, -0.2) is 0 Å². The Morgan fingerprint density at radius 3 is 2.91 bits per heavy atom. The maximum absolute atomic E-state index is 12.3. The number of aromatic nitrogens is 1. The normalized spacial score (nSPS) is 15.7. The first-order valence-corrected chi connectivity index (χ1v) is 7.47. The molecule has 6 heteroatoms. The SMILES string of the molecule is Cc1cc(NC(=O)c2cccc(CN3CCNCC3)c2)no1. The average Bonchev–Trinajstić information content (AvgIpc) is 2.93. The van der Waals surface area contributed by atoms with Crippen LogP contribution >= 0.6 is 0 Å². The van der Waals surface area contributed by atoms with Crippen molar-refractivity contribution >= 4 is 11.7 Å². The molecule has 0 aliphatic carbocycles. The van der Waals surface area contributed by atoms with Gasteiger partial charge in [0.15, 0.2) is 5.82 Å². The van der Waals surface area contributed by atoms with Crippen LogP contribution in [-0.2, 0) is 6.54 Å². The zero-order valence-electron chi connectivity index (χ0n) is 12.6. The molecule has 6 nitrogen and oxygen atoms in total. The molecule has 1 aromatic carbocycles. The van der Waals surface area contributed by atoms with Gasteiger partial charge < -0.3 is 15.2 Å². The van der Waals surface area contributed by atoms with Gasteiger partial charge in [0.25, 0.3) is 5.91 Å². The number of rotatable bonds is 4. The van der Waals surface area contributed by atoms with Crippen molar-refractivity contribution in [3.63, 3.8) is 0 Å². The number of anilines is 1. The fourth-order valence-corrected chi connectivity index (χ4v) is 2.55. The van der Waals surface area contributed by atoms with E-state index in [4.69, 9.17) is 4.52 Å². The fourth-order valence-electron chi connectivity index (χ4n) is 2.55. The van der Waals surface area contributed by atoms with Crippen molar-refractivity contribution in [1.29, 1.82) is 0 Å². The molecular formula is C16H20N4O2. The molecule has 0 unspecified atom stereocenters. The number of aryl methyl sites for hydroxylation is 1. The van der Waals surface area contributed by atoms with Gasteiger partial charge in [-0.2, -0.15) is 0 Å². The predicted molar refractivity (Wildman–Crippen MR) is 83.8 cm³/mol. The van der Waals surface area contributed by atoms with E-state index in [9.17, 15) is 4.79 Å². The molecule has 1 aliphatic heterocycles. The molecule has 0 atom stereocenters. The lowest BCUT2D eigenvalue weighted by Gasteiger charge is -2.27. The molecule has 0 radical (unpaired) electrons. The van der Waals surface area contributed by atoms with Gasteiger partial charge >= 0.3 is 0 Å². The van der Waals surface area contributed by atoms with Gasteiger partial charge in [-0.3, -0.25) is 9.69 Å². The molecule has 0 spiro atoms. The highest BCUT2D eigenvalue weighted by Gasteiger charge is 2.12. The zero-order chi connectivity index (χ0) is 15.4. The van der Waals surface area contributed by atoms with Crippen molar-refractivity contribution in [1.82, 2.24) is 15.4 Å². The van der Waals surface area contributed by atoms with Crippen LogP contribution in [0, 0.1) is 6.92 Å². The Hall–Kier alpha value is -2.18. The quantitative estimate of drug-likeness (QED) is 0.898. The monoisotopic (exact) mass is 300 g/mol. The second-order valence-corrected chi connectivity index (χ2v) is 5.50. The van der Waals surface area contributed by atoms with Crippen LogP contribution in [0.15, 0.2) is 34.9 Å². The number of hydrogen-bond donors (Lipinski definition) is 2. The highest BCUT2D eigenvalue weighted by atomic mass is 16.5. The van der Waals surface area contributed by atoms with E-state index in [1.807, 2.05) is 18.2 Å². The average molecular weight is 300 g/mol. The Bertz CT molecular complexity index is 647. The summed E-state index contributed by atoms with van der Waals surface area (Å²) in [5.41, 5.74) is 1.78. The Morgan fingerprint density at radius 1 is 1.36 bits per heavy atom. The number of piperazine rings is 1. The smallest absolute Gasteiger partial charge is 0.256 e. The van der Waals surface area contributed by atoms with Gasteiger partial charge in [0, 0.05) is 44.4 Å². The Morgan fingerprint density at radius 2 is 2.18 bits per heavy atom. The maximum atomic E-state index is 12.3. The standard InChI is InChI=1S/C16H20N4O2/c1-12-9-15(19-22-12)18-16(21)14-4-2-3-13(10-14)11-20-7-5-17-6-8-20/h2-4,9-10,17H,5-8,11H2,1H3,(H,18,19,21). The second-order valence-electron chi connectivity index (χ2n) is 5.50. The summed E-state index contributed by atoms with van der Waals surface area (Å²) >= 11 is 0. The minimum Gasteiger partial charge on any atom is -0.360 e. The number of nitrogens with zero attached hydrogens (tertiary/aromatic N) is 2. The van der Waals surface area contributed by atoms with Crippen LogP contribution in [0.2, 0.25) is 0 Å². The van der Waals surface area contributed by atoms with Crippen molar-refractivity contribution < 1.29 is 9.32 Å². The van der Waals surface area contributed by atoms with Crippen LogP contribution in [0.1, 0.15) is 21.7 Å². The summed E-state index contributed by atoms with van der Waals surface area (Å²) in [6.07, 6.45) is 0. The third kappa shape index (κ3) is 3.72. The molecule has 22 heavy (non-hydrogen) atoms. The van der Waals surface area contributed by atoms with Gasteiger partial charge in [-0.05, 0) is 24.6 Å². The predicted octanol–water partition coefficient (Wildman–Crippen LogP) is 1.64. The zero-order valence-corrected chi connectivity index (χ0v) is 12.6. The third-order valence-corrected chi connectivity index (χ3v) is 3.67.